The quantitative estimate of drug-likeness (QED) is 0.663. The summed E-state index contributed by atoms with van der Waals surface area (Å²) < 4.78 is 25.1. The molecule has 1 N–H and O–H groups in total. The summed E-state index contributed by atoms with van der Waals surface area (Å²) in [4.78, 5) is 18.3. The third kappa shape index (κ3) is 2.64. The highest BCUT2D eigenvalue weighted by molar-refractivity contribution is 7.92. The minimum absolute atomic E-state index is 0.0810. The Morgan fingerprint density at radius 2 is 2.14 bits per heavy atom. The van der Waals surface area contributed by atoms with Gasteiger partial charge in [0.15, 0.2) is 5.03 Å². The fourth-order valence-corrected chi connectivity index (χ4v) is 4.07. The Hall–Kier alpha value is -2.13. The van der Waals surface area contributed by atoms with Crippen molar-refractivity contribution in [1.82, 2.24) is 15.3 Å². The lowest BCUT2D eigenvalue weighted by Gasteiger charge is -2.22. The van der Waals surface area contributed by atoms with Gasteiger partial charge in [-0.1, -0.05) is 0 Å². The van der Waals surface area contributed by atoms with E-state index in [1.54, 1.807) is 0 Å². The van der Waals surface area contributed by atoms with Crippen LogP contribution in [0, 0.1) is 10.1 Å². The van der Waals surface area contributed by atoms with Crippen molar-refractivity contribution < 1.29 is 13.3 Å². The first-order chi connectivity index (χ1) is 10.5. The highest BCUT2D eigenvalue weighted by Gasteiger charge is 2.30. The van der Waals surface area contributed by atoms with Crippen LogP contribution in [0.15, 0.2) is 29.4 Å². The molecule has 0 aliphatic carbocycles. The number of piperidine rings is 1. The number of nitro groups is 1. The number of nitrogens with one attached hydrogen (secondary N) is 1. The maximum absolute atomic E-state index is 12.6. The van der Waals surface area contributed by atoms with Crippen molar-refractivity contribution in [3.63, 3.8) is 0 Å². The molecule has 1 saturated heterocycles. The van der Waals surface area contributed by atoms with E-state index >= 15 is 0 Å². The summed E-state index contributed by atoms with van der Waals surface area (Å²) in [5.41, 5.74) is 0.527. The van der Waals surface area contributed by atoms with Gasteiger partial charge in [-0.3, -0.25) is 15.1 Å². The number of sulfone groups is 1. The molecule has 1 fully saturated rings. The van der Waals surface area contributed by atoms with E-state index in [-0.39, 0.29) is 10.7 Å². The molecule has 1 unspecified atom stereocenters. The van der Waals surface area contributed by atoms with Gasteiger partial charge in [0.05, 0.1) is 27.4 Å². The molecule has 1 aliphatic rings. The van der Waals surface area contributed by atoms with E-state index in [0.717, 1.165) is 13.0 Å². The molecular weight excluding hydrogens is 308 g/mol. The zero-order valence-corrected chi connectivity index (χ0v) is 12.4. The van der Waals surface area contributed by atoms with Crippen molar-refractivity contribution in [3.8, 4) is 0 Å². The fraction of sp³-hybridized carbons (Fsp3) is 0.385. The van der Waals surface area contributed by atoms with Crippen LogP contribution in [-0.4, -0.2) is 41.6 Å². The Morgan fingerprint density at radius 1 is 1.32 bits per heavy atom. The van der Waals surface area contributed by atoms with Crippen molar-refractivity contribution in [2.45, 2.75) is 23.1 Å². The lowest BCUT2D eigenvalue weighted by molar-refractivity contribution is -0.384. The molecule has 0 spiro atoms. The topological polar surface area (TPSA) is 115 Å². The third-order valence-electron chi connectivity index (χ3n) is 3.70. The Bertz CT molecular complexity index is 831. The van der Waals surface area contributed by atoms with Gasteiger partial charge in [-0.05, 0) is 25.5 Å². The number of fused-ring (bicyclic) bond motifs is 1. The Balaban J connectivity index is 2.01. The van der Waals surface area contributed by atoms with Crippen LogP contribution in [-0.2, 0) is 9.84 Å². The Labute approximate surface area is 126 Å². The summed E-state index contributed by atoms with van der Waals surface area (Å²) in [6, 6.07) is 3.98. The second-order valence-corrected chi connectivity index (χ2v) is 7.33. The van der Waals surface area contributed by atoms with Crippen LogP contribution < -0.4 is 5.32 Å². The van der Waals surface area contributed by atoms with Crippen molar-refractivity contribution in [1.29, 1.82) is 0 Å². The standard InChI is InChI=1S/C13H14N4O4S/c18-17(19)9-3-4-11-12(6-9)15-8-13(16-11)22(20,21)10-2-1-5-14-7-10/h3-4,6,8,10,14H,1-2,5,7H2. The number of benzene rings is 1. The molecular formula is C13H14N4O4S. The van der Waals surface area contributed by atoms with Gasteiger partial charge in [0.1, 0.15) is 0 Å². The van der Waals surface area contributed by atoms with Crippen molar-refractivity contribution in [3.05, 3.63) is 34.5 Å². The van der Waals surface area contributed by atoms with Crippen LogP contribution >= 0.6 is 0 Å². The van der Waals surface area contributed by atoms with Gasteiger partial charge < -0.3 is 5.32 Å². The number of hydrogen-bond donors (Lipinski definition) is 1. The molecule has 1 atom stereocenters. The molecule has 116 valence electrons. The van der Waals surface area contributed by atoms with Gasteiger partial charge in [-0.15, -0.1) is 0 Å². The summed E-state index contributed by atoms with van der Waals surface area (Å²) in [6.07, 6.45) is 2.57. The first-order valence-corrected chi connectivity index (χ1v) is 8.39. The predicted molar refractivity (Wildman–Crippen MR) is 79.3 cm³/mol. The minimum Gasteiger partial charge on any atom is -0.315 e. The van der Waals surface area contributed by atoms with Gasteiger partial charge in [0.2, 0.25) is 9.84 Å². The zero-order valence-electron chi connectivity index (χ0n) is 11.6. The maximum atomic E-state index is 12.6. The second-order valence-electron chi connectivity index (χ2n) is 5.15. The molecule has 2 heterocycles. The lowest BCUT2D eigenvalue weighted by Crippen LogP contribution is -2.39. The number of nitro benzene ring substituents is 1. The van der Waals surface area contributed by atoms with Crippen LogP contribution in [0.3, 0.4) is 0 Å². The summed E-state index contributed by atoms with van der Waals surface area (Å²) in [5, 5.41) is 13.2. The first-order valence-electron chi connectivity index (χ1n) is 6.84. The van der Waals surface area contributed by atoms with Gasteiger partial charge >= 0.3 is 0 Å². The SMILES string of the molecule is O=[N+]([O-])c1ccc2nc(S(=O)(=O)C3CCCNC3)cnc2c1. The van der Waals surface area contributed by atoms with Gasteiger partial charge in [-0.25, -0.2) is 13.4 Å². The molecule has 9 heteroatoms. The summed E-state index contributed by atoms with van der Waals surface area (Å²) in [5.74, 6) is 0. The molecule has 3 rings (SSSR count). The predicted octanol–water partition coefficient (Wildman–Crippen LogP) is 1.06. The molecule has 0 saturated carbocycles. The van der Waals surface area contributed by atoms with E-state index in [4.69, 9.17) is 0 Å². The fourth-order valence-electron chi connectivity index (χ4n) is 2.49. The van der Waals surface area contributed by atoms with Crippen molar-refractivity contribution >= 4 is 26.6 Å². The molecule has 0 amide bonds. The van der Waals surface area contributed by atoms with Crippen molar-refractivity contribution in [2.75, 3.05) is 13.1 Å². The third-order valence-corrected chi connectivity index (χ3v) is 5.76. The highest BCUT2D eigenvalue weighted by atomic mass is 32.2. The number of nitrogens with zero attached hydrogens (tertiary/aromatic N) is 3. The summed E-state index contributed by atoms with van der Waals surface area (Å²) in [7, 11) is -3.55. The summed E-state index contributed by atoms with van der Waals surface area (Å²) in [6.45, 7) is 1.22. The molecule has 8 nitrogen and oxygen atoms in total. The van der Waals surface area contributed by atoms with Crippen LogP contribution in [0.5, 0.6) is 0 Å². The van der Waals surface area contributed by atoms with E-state index in [1.807, 2.05) is 0 Å². The maximum Gasteiger partial charge on any atom is 0.271 e. The lowest BCUT2D eigenvalue weighted by atomic mass is 10.2. The van der Waals surface area contributed by atoms with Gasteiger partial charge in [0, 0.05) is 18.7 Å². The normalized spacial score (nSPS) is 19.2. The van der Waals surface area contributed by atoms with Crippen LogP contribution in [0.1, 0.15) is 12.8 Å². The molecule has 2 aromatic rings. The molecule has 0 bridgehead atoms. The van der Waals surface area contributed by atoms with Crippen LogP contribution in [0.25, 0.3) is 11.0 Å². The van der Waals surface area contributed by atoms with E-state index in [9.17, 15) is 18.5 Å². The van der Waals surface area contributed by atoms with E-state index in [2.05, 4.69) is 15.3 Å². The number of non-ortho nitro benzene ring substituents is 1. The summed E-state index contributed by atoms with van der Waals surface area (Å²) >= 11 is 0. The smallest absolute Gasteiger partial charge is 0.271 e. The van der Waals surface area contributed by atoms with E-state index in [0.29, 0.717) is 24.0 Å². The highest BCUT2D eigenvalue weighted by Crippen LogP contribution is 2.22. The van der Waals surface area contributed by atoms with E-state index in [1.165, 1.54) is 24.4 Å². The average molecular weight is 322 g/mol. The largest absolute Gasteiger partial charge is 0.315 e. The van der Waals surface area contributed by atoms with Gasteiger partial charge in [-0.2, -0.15) is 0 Å². The van der Waals surface area contributed by atoms with Crippen LogP contribution in [0.4, 0.5) is 5.69 Å². The average Bonchev–Trinajstić information content (AvgIpc) is 2.54. The molecule has 0 radical (unpaired) electrons. The Morgan fingerprint density at radius 3 is 2.82 bits per heavy atom. The minimum atomic E-state index is -3.55. The van der Waals surface area contributed by atoms with Crippen LogP contribution in [0.2, 0.25) is 0 Å². The van der Waals surface area contributed by atoms with E-state index < -0.39 is 20.0 Å². The van der Waals surface area contributed by atoms with Crippen molar-refractivity contribution in [2.24, 2.45) is 0 Å². The zero-order chi connectivity index (χ0) is 15.7. The first kappa shape index (κ1) is 14.8. The number of hydrogen-bond acceptors (Lipinski definition) is 7. The van der Waals surface area contributed by atoms with Gasteiger partial charge in [0.25, 0.3) is 5.69 Å². The number of aromatic nitrogens is 2. The monoisotopic (exact) mass is 322 g/mol. The number of rotatable bonds is 3. The second kappa shape index (κ2) is 5.58. The Kier molecular flexibility index (Phi) is 3.75. The molecule has 1 aliphatic heterocycles. The molecule has 1 aromatic heterocycles. The molecule has 1 aromatic carbocycles. The molecule has 22 heavy (non-hydrogen) atoms.